The number of rotatable bonds is 11. The fourth-order valence-corrected chi connectivity index (χ4v) is 2.83. The van der Waals surface area contributed by atoms with E-state index in [4.69, 9.17) is 4.74 Å². The molecule has 0 aliphatic rings. The number of aryl methyl sites for hydroxylation is 1. The molecule has 0 fully saturated rings. The lowest BCUT2D eigenvalue weighted by molar-refractivity contribution is -0.384. The topological polar surface area (TPSA) is 97.1 Å². The number of carbonyl (C=O) groups is 1. The van der Waals surface area contributed by atoms with Gasteiger partial charge in [0.2, 0.25) is 0 Å². The summed E-state index contributed by atoms with van der Waals surface area (Å²) >= 11 is 0. The number of carbonyl (C=O) groups excluding carboxylic acids is 1. The minimum atomic E-state index is -0.447. The number of ether oxygens (including phenoxy) is 1. The standard InChI is InChI=1S/C22H28N4O4/c1-4-6-13-25(5-2)21-12-9-19(26(28)29)14-18(21)15-23-24-22(27)16-30-20-10-7-17(3)8-11-20/h7-12,14-15H,4-6,13,16H2,1-3H3,(H,24,27). The zero-order valence-corrected chi connectivity index (χ0v) is 17.6. The first kappa shape index (κ1) is 22.9. The molecule has 2 aromatic rings. The van der Waals surface area contributed by atoms with Crippen LogP contribution in [0.15, 0.2) is 47.6 Å². The first-order valence-electron chi connectivity index (χ1n) is 9.99. The normalized spacial score (nSPS) is 10.8. The molecule has 0 aromatic heterocycles. The SMILES string of the molecule is CCCCN(CC)c1ccc([N+](=O)[O-])cc1C=NNC(=O)COc1ccc(C)cc1. The molecule has 30 heavy (non-hydrogen) atoms. The van der Waals surface area contributed by atoms with Crippen LogP contribution >= 0.6 is 0 Å². The Bertz CT molecular complexity index is 881. The molecule has 8 heteroatoms. The lowest BCUT2D eigenvalue weighted by atomic mass is 10.1. The van der Waals surface area contributed by atoms with Crippen LogP contribution in [0.25, 0.3) is 0 Å². The second kappa shape index (κ2) is 11.5. The smallest absolute Gasteiger partial charge is 0.277 e. The van der Waals surface area contributed by atoms with Crippen molar-refractivity contribution in [3.63, 3.8) is 0 Å². The number of unbranched alkanes of at least 4 members (excludes halogenated alkanes) is 1. The van der Waals surface area contributed by atoms with E-state index in [0.717, 1.165) is 37.2 Å². The average molecular weight is 412 g/mol. The molecule has 1 N–H and O–H groups in total. The van der Waals surface area contributed by atoms with Gasteiger partial charge in [0, 0.05) is 36.5 Å². The number of anilines is 1. The zero-order chi connectivity index (χ0) is 21.9. The number of nitrogens with zero attached hydrogens (tertiary/aromatic N) is 3. The molecular formula is C22H28N4O4. The summed E-state index contributed by atoms with van der Waals surface area (Å²) < 4.78 is 5.42. The van der Waals surface area contributed by atoms with Gasteiger partial charge in [-0.3, -0.25) is 14.9 Å². The Labute approximate surface area is 176 Å². The van der Waals surface area contributed by atoms with Gasteiger partial charge in [-0.25, -0.2) is 5.43 Å². The number of nitro groups is 1. The Morgan fingerprint density at radius 3 is 2.60 bits per heavy atom. The van der Waals surface area contributed by atoms with Gasteiger partial charge in [0.25, 0.3) is 11.6 Å². The van der Waals surface area contributed by atoms with Gasteiger partial charge in [0.05, 0.1) is 11.1 Å². The van der Waals surface area contributed by atoms with Crippen LogP contribution in [0.1, 0.15) is 37.8 Å². The second-order valence-electron chi connectivity index (χ2n) is 6.83. The summed E-state index contributed by atoms with van der Waals surface area (Å²) in [4.78, 5) is 24.8. The number of nitrogens with one attached hydrogen (secondary N) is 1. The lowest BCUT2D eigenvalue weighted by Crippen LogP contribution is -2.26. The number of nitro benzene ring substituents is 1. The summed E-state index contributed by atoms with van der Waals surface area (Å²) in [6.07, 6.45) is 3.49. The molecule has 0 unspecified atom stereocenters. The predicted molar refractivity (Wildman–Crippen MR) is 118 cm³/mol. The van der Waals surface area contributed by atoms with Crippen molar-refractivity contribution in [3.8, 4) is 5.75 Å². The van der Waals surface area contributed by atoms with Crippen molar-refractivity contribution in [2.45, 2.75) is 33.6 Å². The molecular weight excluding hydrogens is 384 g/mol. The predicted octanol–water partition coefficient (Wildman–Crippen LogP) is 4.06. The third kappa shape index (κ3) is 6.88. The number of hydrogen-bond donors (Lipinski definition) is 1. The highest BCUT2D eigenvalue weighted by atomic mass is 16.6. The van der Waals surface area contributed by atoms with Crippen molar-refractivity contribution in [3.05, 3.63) is 63.7 Å². The van der Waals surface area contributed by atoms with Crippen molar-refractivity contribution >= 4 is 23.5 Å². The first-order chi connectivity index (χ1) is 14.4. The lowest BCUT2D eigenvalue weighted by Gasteiger charge is -2.24. The van der Waals surface area contributed by atoms with Crippen LogP contribution < -0.4 is 15.1 Å². The maximum absolute atomic E-state index is 12.0. The van der Waals surface area contributed by atoms with E-state index in [-0.39, 0.29) is 12.3 Å². The summed E-state index contributed by atoms with van der Waals surface area (Å²) in [5, 5.41) is 15.1. The maximum Gasteiger partial charge on any atom is 0.277 e. The molecule has 0 radical (unpaired) electrons. The van der Waals surface area contributed by atoms with Crippen molar-refractivity contribution < 1.29 is 14.5 Å². The molecule has 1 amide bonds. The van der Waals surface area contributed by atoms with Crippen molar-refractivity contribution in [2.75, 3.05) is 24.6 Å². The highest BCUT2D eigenvalue weighted by molar-refractivity contribution is 5.90. The fourth-order valence-electron chi connectivity index (χ4n) is 2.83. The highest BCUT2D eigenvalue weighted by Crippen LogP contribution is 2.24. The molecule has 160 valence electrons. The van der Waals surface area contributed by atoms with Gasteiger partial charge in [-0.2, -0.15) is 5.10 Å². The van der Waals surface area contributed by atoms with Crippen molar-refractivity contribution in [1.82, 2.24) is 5.43 Å². The molecule has 0 bridgehead atoms. The number of amides is 1. The molecule has 0 atom stereocenters. The van der Waals surface area contributed by atoms with Gasteiger partial charge in [-0.15, -0.1) is 0 Å². The summed E-state index contributed by atoms with van der Waals surface area (Å²) in [5.41, 5.74) is 4.89. The Hall–Kier alpha value is -3.42. The third-order valence-corrected chi connectivity index (χ3v) is 4.51. The van der Waals surface area contributed by atoms with Gasteiger partial charge in [-0.1, -0.05) is 31.0 Å². The van der Waals surface area contributed by atoms with E-state index in [9.17, 15) is 14.9 Å². The molecule has 0 heterocycles. The molecule has 0 spiro atoms. The third-order valence-electron chi connectivity index (χ3n) is 4.51. The minimum Gasteiger partial charge on any atom is -0.484 e. The van der Waals surface area contributed by atoms with E-state index in [1.54, 1.807) is 18.2 Å². The van der Waals surface area contributed by atoms with Crippen LogP contribution in [-0.4, -0.2) is 36.7 Å². The minimum absolute atomic E-state index is 0.0271. The Morgan fingerprint density at radius 1 is 1.23 bits per heavy atom. The zero-order valence-electron chi connectivity index (χ0n) is 17.6. The van der Waals surface area contributed by atoms with E-state index < -0.39 is 10.8 Å². The Balaban J connectivity index is 2.07. The van der Waals surface area contributed by atoms with E-state index in [2.05, 4.69) is 22.4 Å². The molecule has 0 aliphatic heterocycles. The van der Waals surface area contributed by atoms with Crippen LogP contribution in [0.2, 0.25) is 0 Å². The van der Waals surface area contributed by atoms with E-state index in [0.29, 0.717) is 11.3 Å². The Morgan fingerprint density at radius 2 is 1.97 bits per heavy atom. The van der Waals surface area contributed by atoms with Crippen LogP contribution in [0.5, 0.6) is 5.75 Å². The molecule has 0 saturated heterocycles. The van der Waals surface area contributed by atoms with E-state index >= 15 is 0 Å². The molecule has 0 saturated carbocycles. The fraction of sp³-hybridized carbons (Fsp3) is 0.364. The molecule has 8 nitrogen and oxygen atoms in total. The molecule has 2 aromatic carbocycles. The quantitative estimate of drug-likeness (QED) is 0.341. The van der Waals surface area contributed by atoms with Crippen LogP contribution in [-0.2, 0) is 4.79 Å². The number of hydrogen-bond acceptors (Lipinski definition) is 6. The largest absolute Gasteiger partial charge is 0.484 e. The first-order valence-corrected chi connectivity index (χ1v) is 9.99. The number of hydrazone groups is 1. The summed E-state index contributed by atoms with van der Waals surface area (Å²) in [6, 6.07) is 12.0. The molecule has 2 rings (SSSR count). The van der Waals surface area contributed by atoms with Gasteiger partial charge in [-0.05, 0) is 38.5 Å². The summed E-state index contributed by atoms with van der Waals surface area (Å²) in [6.45, 7) is 7.52. The van der Waals surface area contributed by atoms with Crippen LogP contribution in [0.4, 0.5) is 11.4 Å². The highest BCUT2D eigenvalue weighted by Gasteiger charge is 2.14. The molecule has 0 aliphatic carbocycles. The number of benzene rings is 2. The maximum atomic E-state index is 12.0. The van der Waals surface area contributed by atoms with Crippen molar-refractivity contribution in [1.29, 1.82) is 0 Å². The van der Waals surface area contributed by atoms with E-state index in [1.807, 2.05) is 26.0 Å². The Kier molecular flexibility index (Phi) is 8.80. The summed E-state index contributed by atoms with van der Waals surface area (Å²) in [7, 11) is 0. The van der Waals surface area contributed by atoms with Gasteiger partial charge in [0.1, 0.15) is 5.75 Å². The average Bonchev–Trinajstić information content (AvgIpc) is 2.74. The second-order valence-corrected chi connectivity index (χ2v) is 6.83. The van der Waals surface area contributed by atoms with Gasteiger partial charge >= 0.3 is 0 Å². The van der Waals surface area contributed by atoms with E-state index in [1.165, 1.54) is 18.3 Å². The van der Waals surface area contributed by atoms with Gasteiger partial charge in [0.15, 0.2) is 6.61 Å². The monoisotopic (exact) mass is 412 g/mol. The van der Waals surface area contributed by atoms with Gasteiger partial charge < -0.3 is 9.64 Å². The van der Waals surface area contributed by atoms with Crippen LogP contribution in [0.3, 0.4) is 0 Å². The van der Waals surface area contributed by atoms with Crippen LogP contribution in [0, 0.1) is 17.0 Å². The number of non-ortho nitro benzene ring substituents is 1. The summed E-state index contributed by atoms with van der Waals surface area (Å²) in [5.74, 6) is 0.173. The van der Waals surface area contributed by atoms with Crippen molar-refractivity contribution in [2.24, 2.45) is 5.10 Å².